The van der Waals surface area contributed by atoms with E-state index in [1.807, 2.05) is 13.8 Å². The number of pyridine rings is 1. The number of aliphatic hydroxyl groups excluding tert-OH is 1. The second-order valence-electron chi connectivity index (χ2n) is 4.36. The van der Waals surface area contributed by atoms with Crippen molar-refractivity contribution in [1.82, 2.24) is 10.3 Å². The Morgan fingerprint density at radius 3 is 2.88 bits per heavy atom. The van der Waals surface area contributed by atoms with Crippen molar-refractivity contribution in [3.05, 3.63) is 29.0 Å². The quantitative estimate of drug-likeness (QED) is 0.841. The van der Waals surface area contributed by atoms with Crippen molar-refractivity contribution in [2.75, 3.05) is 13.2 Å². The number of aliphatic hydroxyl groups is 1. The van der Waals surface area contributed by atoms with Gasteiger partial charge in [0.1, 0.15) is 0 Å². The Labute approximate surface area is 99.6 Å². The lowest BCUT2D eigenvalue weighted by Gasteiger charge is -2.21. The Bertz CT molecular complexity index is 380. The zero-order valence-corrected chi connectivity index (χ0v) is 10.1. The van der Waals surface area contributed by atoms with Gasteiger partial charge < -0.3 is 10.4 Å². The second kappa shape index (κ2) is 5.27. The molecule has 0 atom stereocenters. The van der Waals surface area contributed by atoms with E-state index in [1.54, 1.807) is 6.07 Å². The van der Waals surface area contributed by atoms with Crippen LogP contribution in [0.5, 0.6) is 0 Å². The number of hydrogen-bond donors (Lipinski definition) is 2. The third kappa shape index (κ3) is 3.47. The van der Waals surface area contributed by atoms with Gasteiger partial charge in [-0.3, -0.25) is 9.78 Å². The summed E-state index contributed by atoms with van der Waals surface area (Å²) in [5.74, 6) is -0.256. The van der Waals surface area contributed by atoms with Gasteiger partial charge in [0.2, 0.25) is 0 Å². The van der Waals surface area contributed by atoms with Gasteiger partial charge in [-0.15, -0.1) is 0 Å². The molecule has 0 radical (unpaired) electrons. The fourth-order valence-corrected chi connectivity index (χ4v) is 1.24. The van der Waals surface area contributed by atoms with Gasteiger partial charge in [0, 0.05) is 31.0 Å². The fraction of sp³-hybridized carbons (Fsp3) is 0.455. The van der Waals surface area contributed by atoms with Crippen molar-refractivity contribution >= 4 is 17.5 Å². The largest absolute Gasteiger partial charge is 0.396 e. The SMILES string of the molecule is CC(C)(CO)CNC(=O)c1ccncc1Cl. The summed E-state index contributed by atoms with van der Waals surface area (Å²) < 4.78 is 0. The molecule has 16 heavy (non-hydrogen) atoms. The molecule has 4 nitrogen and oxygen atoms in total. The van der Waals surface area contributed by atoms with Crippen LogP contribution >= 0.6 is 11.6 Å². The lowest BCUT2D eigenvalue weighted by molar-refractivity contribution is 0.0911. The first-order chi connectivity index (χ1) is 7.46. The first-order valence-corrected chi connectivity index (χ1v) is 5.33. The average molecular weight is 243 g/mol. The summed E-state index contributed by atoms with van der Waals surface area (Å²) in [6.07, 6.45) is 2.94. The third-order valence-electron chi connectivity index (χ3n) is 2.17. The molecule has 0 fully saturated rings. The van der Waals surface area contributed by atoms with Crippen LogP contribution in [0.25, 0.3) is 0 Å². The zero-order chi connectivity index (χ0) is 12.2. The molecule has 0 bridgehead atoms. The van der Waals surface area contributed by atoms with Gasteiger partial charge in [-0.1, -0.05) is 25.4 Å². The smallest absolute Gasteiger partial charge is 0.252 e. The molecule has 1 amide bonds. The van der Waals surface area contributed by atoms with E-state index >= 15 is 0 Å². The van der Waals surface area contributed by atoms with E-state index in [2.05, 4.69) is 10.3 Å². The Morgan fingerprint density at radius 1 is 1.62 bits per heavy atom. The minimum atomic E-state index is -0.338. The molecule has 0 aliphatic rings. The lowest BCUT2D eigenvalue weighted by Crippen LogP contribution is -2.36. The zero-order valence-electron chi connectivity index (χ0n) is 9.33. The molecule has 2 N–H and O–H groups in total. The molecular formula is C11H15ClN2O2. The third-order valence-corrected chi connectivity index (χ3v) is 2.47. The molecule has 0 saturated carbocycles. The van der Waals surface area contributed by atoms with E-state index in [0.29, 0.717) is 17.1 Å². The molecular weight excluding hydrogens is 228 g/mol. The Morgan fingerprint density at radius 2 is 2.31 bits per heavy atom. The minimum Gasteiger partial charge on any atom is -0.396 e. The van der Waals surface area contributed by atoms with Gasteiger partial charge >= 0.3 is 0 Å². The van der Waals surface area contributed by atoms with Crippen molar-refractivity contribution in [2.24, 2.45) is 5.41 Å². The Kier molecular flexibility index (Phi) is 4.26. The van der Waals surface area contributed by atoms with Gasteiger partial charge in [0.15, 0.2) is 0 Å². The fourth-order valence-electron chi connectivity index (χ4n) is 1.03. The van der Waals surface area contributed by atoms with Gasteiger partial charge in [0.25, 0.3) is 5.91 Å². The highest BCUT2D eigenvalue weighted by molar-refractivity contribution is 6.33. The molecule has 0 aliphatic carbocycles. The monoisotopic (exact) mass is 242 g/mol. The Balaban J connectivity index is 2.64. The maximum Gasteiger partial charge on any atom is 0.252 e. The minimum absolute atomic E-state index is 0.0113. The number of amides is 1. The first-order valence-electron chi connectivity index (χ1n) is 4.95. The predicted molar refractivity (Wildman–Crippen MR) is 62.4 cm³/mol. The number of halogens is 1. The summed E-state index contributed by atoms with van der Waals surface area (Å²) in [6.45, 7) is 4.13. The van der Waals surface area contributed by atoms with Crippen LogP contribution in [0.4, 0.5) is 0 Å². The van der Waals surface area contributed by atoms with Crippen LogP contribution in [0.3, 0.4) is 0 Å². The lowest BCUT2D eigenvalue weighted by atomic mass is 9.95. The van der Waals surface area contributed by atoms with Gasteiger partial charge in [-0.2, -0.15) is 0 Å². The van der Waals surface area contributed by atoms with E-state index in [0.717, 1.165) is 0 Å². The summed E-state index contributed by atoms with van der Waals surface area (Å²) in [5.41, 5.74) is 0.0558. The molecule has 88 valence electrons. The van der Waals surface area contributed by atoms with Crippen molar-refractivity contribution < 1.29 is 9.90 Å². The highest BCUT2D eigenvalue weighted by atomic mass is 35.5. The molecule has 1 aromatic heterocycles. The highest BCUT2D eigenvalue weighted by Crippen LogP contribution is 2.15. The van der Waals surface area contributed by atoms with Crippen LogP contribution in [0.1, 0.15) is 24.2 Å². The molecule has 0 aromatic carbocycles. The van der Waals surface area contributed by atoms with E-state index in [1.165, 1.54) is 12.4 Å². The highest BCUT2D eigenvalue weighted by Gasteiger charge is 2.18. The molecule has 0 aliphatic heterocycles. The number of hydrogen-bond acceptors (Lipinski definition) is 3. The summed E-state index contributed by atoms with van der Waals surface area (Å²) >= 11 is 5.83. The average Bonchev–Trinajstić information content (AvgIpc) is 2.27. The summed E-state index contributed by atoms with van der Waals surface area (Å²) in [6, 6.07) is 1.56. The van der Waals surface area contributed by atoms with Crippen molar-refractivity contribution in [3.8, 4) is 0 Å². The number of aromatic nitrogens is 1. The van der Waals surface area contributed by atoms with E-state index in [9.17, 15) is 4.79 Å². The summed E-state index contributed by atoms with van der Waals surface area (Å²) in [5, 5.41) is 12.1. The van der Waals surface area contributed by atoms with Crippen LogP contribution < -0.4 is 5.32 Å². The van der Waals surface area contributed by atoms with Crippen molar-refractivity contribution in [2.45, 2.75) is 13.8 Å². The number of carbonyl (C=O) groups excluding carboxylic acids is 1. The topological polar surface area (TPSA) is 62.2 Å². The van der Waals surface area contributed by atoms with Crippen molar-refractivity contribution in [1.29, 1.82) is 0 Å². The van der Waals surface area contributed by atoms with Crippen LogP contribution in [0, 0.1) is 5.41 Å². The molecule has 0 unspecified atom stereocenters. The Hall–Kier alpha value is -1.13. The number of carbonyl (C=O) groups is 1. The van der Waals surface area contributed by atoms with Crippen LogP contribution in [0.2, 0.25) is 5.02 Å². The summed E-state index contributed by atoms with van der Waals surface area (Å²) in [7, 11) is 0. The molecule has 1 heterocycles. The normalized spacial score (nSPS) is 11.2. The van der Waals surface area contributed by atoms with Gasteiger partial charge in [-0.25, -0.2) is 0 Å². The van der Waals surface area contributed by atoms with Crippen LogP contribution in [-0.2, 0) is 0 Å². The molecule has 0 spiro atoms. The van der Waals surface area contributed by atoms with Gasteiger partial charge in [-0.05, 0) is 6.07 Å². The standard InChI is InChI=1S/C11H15ClN2O2/c1-11(2,7-15)6-14-10(16)8-3-4-13-5-9(8)12/h3-5,15H,6-7H2,1-2H3,(H,14,16). The number of nitrogens with zero attached hydrogens (tertiary/aromatic N) is 1. The molecule has 5 heteroatoms. The van der Waals surface area contributed by atoms with E-state index in [-0.39, 0.29) is 17.9 Å². The van der Waals surface area contributed by atoms with Crippen LogP contribution in [0.15, 0.2) is 18.5 Å². The second-order valence-corrected chi connectivity index (χ2v) is 4.77. The van der Waals surface area contributed by atoms with Gasteiger partial charge in [0.05, 0.1) is 10.6 Å². The molecule has 1 aromatic rings. The van der Waals surface area contributed by atoms with E-state index in [4.69, 9.17) is 16.7 Å². The first kappa shape index (κ1) is 12.9. The van der Waals surface area contributed by atoms with Crippen molar-refractivity contribution in [3.63, 3.8) is 0 Å². The van der Waals surface area contributed by atoms with E-state index < -0.39 is 0 Å². The van der Waals surface area contributed by atoms with Crippen LogP contribution in [-0.4, -0.2) is 29.1 Å². The maximum absolute atomic E-state index is 11.7. The molecule has 1 rings (SSSR count). The predicted octanol–water partition coefficient (Wildman–Crippen LogP) is 1.48. The maximum atomic E-state index is 11.7. The summed E-state index contributed by atoms with van der Waals surface area (Å²) in [4.78, 5) is 15.5. The number of rotatable bonds is 4. The number of nitrogens with one attached hydrogen (secondary N) is 1. The molecule has 0 saturated heterocycles.